The number of pyridine rings is 2. The van der Waals surface area contributed by atoms with E-state index in [9.17, 15) is 31.2 Å². The van der Waals surface area contributed by atoms with Crippen molar-refractivity contribution in [2.24, 2.45) is 11.3 Å². The predicted octanol–water partition coefficient (Wildman–Crippen LogP) is 4.26. The van der Waals surface area contributed by atoms with Gasteiger partial charge >= 0.3 is 6.18 Å². The summed E-state index contributed by atoms with van der Waals surface area (Å²) in [6, 6.07) is 7.46. The summed E-state index contributed by atoms with van der Waals surface area (Å²) in [5, 5.41) is 2.86. The number of carbonyl (C=O) groups excluding carboxylic acids is 2. The molecule has 1 aliphatic carbocycles. The molecule has 3 fully saturated rings. The van der Waals surface area contributed by atoms with Crippen molar-refractivity contribution in [3.8, 4) is 0 Å². The van der Waals surface area contributed by atoms with Crippen molar-refractivity contribution >= 4 is 39.3 Å². The number of rotatable bonds is 5. The van der Waals surface area contributed by atoms with E-state index in [0.717, 1.165) is 19.3 Å². The zero-order valence-electron chi connectivity index (χ0n) is 25.2. The molecule has 4 aliphatic rings. The summed E-state index contributed by atoms with van der Waals surface area (Å²) in [7, 11) is -4.33. The minimum absolute atomic E-state index is 0.0292. The molecular weight excluding hydrogens is 613 g/mol. The molecule has 5 heterocycles. The Kier molecular flexibility index (Phi) is 7.99. The van der Waals surface area contributed by atoms with E-state index >= 15 is 0 Å². The Morgan fingerprint density at radius 1 is 1.09 bits per heavy atom. The number of halogens is 3. The second-order valence-electron chi connectivity index (χ2n) is 13.1. The number of nitrogens with zero attached hydrogens (tertiary/aromatic N) is 4. The van der Waals surface area contributed by atoms with Crippen LogP contribution in [0, 0.1) is 11.3 Å². The summed E-state index contributed by atoms with van der Waals surface area (Å²) in [6.07, 6.45) is -2.42. The molecule has 2 saturated heterocycles. The van der Waals surface area contributed by atoms with Gasteiger partial charge in [-0.15, -0.1) is 0 Å². The Morgan fingerprint density at radius 2 is 1.87 bits per heavy atom. The molecule has 2 N–H and O–H groups in total. The van der Waals surface area contributed by atoms with Crippen molar-refractivity contribution in [3.05, 3.63) is 35.9 Å². The number of hydrogen-bond acceptors (Lipinski definition) is 9. The molecule has 6 rings (SSSR count). The molecule has 244 valence electrons. The number of nitrogens with one attached hydrogen (secondary N) is 2. The molecular formula is C30H37F3N6O5S. The highest BCUT2D eigenvalue weighted by molar-refractivity contribution is 7.90. The summed E-state index contributed by atoms with van der Waals surface area (Å²) >= 11 is 0. The fraction of sp³-hybridized carbons (Fsp3) is 0.600. The maximum atomic E-state index is 13.6. The zero-order chi connectivity index (χ0) is 32.2. The standard InChI is InChI=1S/C30H37F3N6O5S/c1-28(2)17-19-5-4-14-34-22-6-3-7-24(35-22)45(42,43)37-26(40)20-8-9-23(36-25(20)39(28)18-19)38-15-10-21(27(38)41)44-16-13-29(11-12-29)30(31,32)33/h3,6-9,19,21H,4-5,10-18H2,1-2H3,(H,34,35)(H,37,40)/t19-,21?/m0/s1. The average Bonchev–Trinajstić information content (AvgIpc) is 3.60. The lowest BCUT2D eigenvalue weighted by atomic mass is 9.93. The lowest BCUT2D eigenvalue weighted by molar-refractivity contribution is -0.192. The fourth-order valence-electron chi connectivity index (χ4n) is 6.68. The van der Waals surface area contributed by atoms with E-state index < -0.39 is 45.1 Å². The highest BCUT2D eigenvalue weighted by atomic mass is 32.2. The van der Waals surface area contributed by atoms with Crippen LogP contribution in [0.4, 0.5) is 30.6 Å². The quantitative estimate of drug-likeness (QED) is 0.487. The van der Waals surface area contributed by atoms with Gasteiger partial charge in [0.25, 0.3) is 21.8 Å². The smallest absolute Gasteiger partial charge is 0.370 e. The van der Waals surface area contributed by atoms with Crippen molar-refractivity contribution in [1.82, 2.24) is 14.7 Å². The number of carbonyl (C=O) groups is 2. The van der Waals surface area contributed by atoms with E-state index in [-0.39, 0.29) is 67.0 Å². The van der Waals surface area contributed by atoms with Crippen molar-refractivity contribution in [1.29, 1.82) is 0 Å². The number of hydrogen-bond donors (Lipinski definition) is 2. The second-order valence-corrected chi connectivity index (χ2v) is 14.7. The van der Waals surface area contributed by atoms with E-state index in [2.05, 4.69) is 15.0 Å². The molecule has 15 heteroatoms. The first-order chi connectivity index (χ1) is 21.2. The van der Waals surface area contributed by atoms with Gasteiger partial charge in [-0.1, -0.05) is 6.07 Å². The Balaban J connectivity index is 1.27. The molecule has 0 spiro atoms. The largest absolute Gasteiger partial charge is 0.394 e. The van der Waals surface area contributed by atoms with Gasteiger partial charge in [-0.25, -0.2) is 14.7 Å². The van der Waals surface area contributed by atoms with Crippen LogP contribution in [0.3, 0.4) is 0 Å². The van der Waals surface area contributed by atoms with Gasteiger partial charge in [0.1, 0.15) is 23.6 Å². The molecule has 0 radical (unpaired) electrons. The van der Waals surface area contributed by atoms with Gasteiger partial charge in [0, 0.05) is 38.2 Å². The van der Waals surface area contributed by atoms with Crippen LogP contribution in [0.5, 0.6) is 0 Å². The Labute approximate surface area is 260 Å². The number of anilines is 3. The Bertz CT molecular complexity index is 1600. The maximum absolute atomic E-state index is 13.6. The van der Waals surface area contributed by atoms with Gasteiger partial charge in [0.15, 0.2) is 5.03 Å². The maximum Gasteiger partial charge on any atom is 0.394 e. The van der Waals surface area contributed by atoms with Crippen molar-refractivity contribution in [3.63, 3.8) is 0 Å². The summed E-state index contributed by atoms with van der Waals surface area (Å²) in [6.45, 7) is 5.30. The molecule has 3 aliphatic heterocycles. The minimum Gasteiger partial charge on any atom is -0.370 e. The van der Waals surface area contributed by atoms with Crippen LogP contribution in [0.15, 0.2) is 35.4 Å². The van der Waals surface area contributed by atoms with Crippen LogP contribution < -0.4 is 19.8 Å². The lowest BCUT2D eigenvalue weighted by Gasteiger charge is -2.34. The summed E-state index contributed by atoms with van der Waals surface area (Å²) in [5.74, 6) is -0.128. The SMILES string of the molecule is CC1(C)C[C@@H]2CCCNc3cccc(n3)S(=O)(=O)NC(=O)c3ccc(N4CCC(OCCC5(C(F)(F)F)CC5)C4=O)nc3N1C2. The van der Waals surface area contributed by atoms with Crippen LogP contribution in [0.25, 0.3) is 0 Å². The molecule has 2 aromatic rings. The summed E-state index contributed by atoms with van der Waals surface area (Å²) in [5.41, 5.74) is -2.11. The molecule has 1 saturated carbocycles. The number of ether oxygens (including phenoxy) is 1. The number of aromatic nitrogens is 2. The molecule has 0 aromatic carbocycles. The molecule has 11 nitrogen and oxygen atoms in total. The second kappa shape index (κ2) is 11.4. The summed E-state index contributed by atoms with van der Waals surface area (Å²) < 4.78 is 74.1. The highest BCUT2D eigenvalue weighted by Gasteiger charge is 2.62. The van der Waals surface area contributed by atoms with Crippen molar-refractivity contribution in [2.75, 3.05) is 41.4 Å². The number of alkyl halides is 3. The van der Waals surface area contributed by atoms with Crippen LogP contribution in [-0.2, 0) is 19.6 Å². The van der Waals surface area contributed by atoms with E-state index in [1.165, 1.54) is 23.1 Å². The first-order valence-corrected chi connectivity index (χ1v) is 16.7. The molecule has 2 atom stereocenters. The van der Waals surface area contributed by atoms with E-state index in [4.69, 9.17) is 9.72 Å². The molecule has 4 bridgehead atoms. The molecule has 2 aromatic heterocycles. The van der Waals surface area contributed by atoms with Gasteiger partial charge in [0.2, 0.25) is 0 Å². The van der Waals surface area contributed by atoms with E-state index in [0.29, 0.717) is 18.9 Å². The van der Waals surface area contributed by atoms with Gasteiger partial charge < -0.3 is 15.0 Å². The molecule has 45 heavy (non-hydrogen) atoms. The van der Waals surface area contributed by atoms with Gasteiger partial charge in [-0.3, -0.25) is 14.5 Å². The number of fused-ring (bicyclic) bond motifs is 6. The third-order valence-electron chi connectivity index (χ3n) is 9.43. The number of sulfonamides is 1. The first-order valence-electron chi connectivity index (χ1n) is 15.3. The average molecular weight is 651 g/mol. The lowest BCUT2D eigenvalue weighted by Crippen LogP contribution is -2.41. The molecule has 2 amide bonds. The first kappa shape index (κ1) is 31.5. The van der Waals surface area contributed by atoms with E-state index in [1.807, 2.05) is 18.7 Å². The van der Waals surface area contributed by atoms with Gasteiger partial charge in [0.05, 0.1) is 11.0 Å². The summed E-state index contributed by atoms with van der Waals surface area (Å²) in [4.78, 5) is 39.3. The van der Waals surface area contributed by atoms with Crippen molar-refractivity contribution < 1.29 is 35.9 Å². The van der Waals surface area contributed by atoms with Crippen LogP contribution in [-0.4, -0.2) is 74.3 Å². The van der Waals surface area contributed by atoms with Crippen LogP contribution in [0.2, 0.25) is 0 Å². The van der Waals surface area contributed by atoms with E-state index in [1.54, 1.807) is 12.1 Å². The fourth-order valence-corrected chi connectivity index (χ4v) is 7.62. The van der Waals surface area contributed by atoms with Gasteiger partial charge in [-0.2, -0.15) is 21.6 Å². The third-order valence-corrected chi connectivity index (χ3v) is 10.7. The Hall–Kier alpha value is -3.46. The topological polar surface area (TPSA) is 134 Å². The number of amides is 2. The monoisotopic (exact) mass is 650 g/mol. The van der Waals surface area contributed by atoms with Crippen LogP contribution in [0.1, 0.15) is 69.2 Å². The minimum atomic E-state index is -4.33. The highest BCUT2D eigenvalue weighted by Crippen LogP contribution is 2.60. The predicted molar refractivity (Wildman–Crippen MR) is 159 cm³/mol. The normalized spacial score (nSPS) is 25.5. The molecule has 1 unspecified atom stereocenters. The van der Waals surface area contributed by atoms with Crippen LogP contribution >= 0.6 is 0 Å². The van der Waals surface area contributed by atoms with Gasteiger partial charge in [-0.05, 0) is 82.6 Å². The zero-order valence-corrected chi connectivity index (χ0v) is 26.0. The third kappa shape index (κ3) is 6.20. The van der Waals surface area contributed by atoms with Crippen molar-refractivity contribution in [2.45, 2.75) is 81.6 Å². The Morgan fingerprint density at radius 3 is 2.60 bits per heavy atom.